The molecule has 0 aliphatic carbocycles. The van der Waals surface area contributed by atoms with Crippen LogP contribution in [-0.2, 0) is 14.6 Å². The van der Waals surface area contributed by atoms with Crippen LogP contribution in [0.2, 0.25) is 0 Å². The van der Waals surface area contributed by atoms with Crippen LogP contribution in [0.5, 0.6) is 0 Å². The fraction of sp³-hybridized carbons (Fsp3) is 0.429. The van der Waals surface area contributed by atoms with E-state index in [1.807, 2.05) is 0 Å². The van der Waals surface area contributed by atoms with Gasteiger partial charge < -0.3 is 10.0 Å². The minimum Gasteiger partial charge on any atom is -0.481 e. The van der Waals surface area contributed by atoms with Crippen molar-refractivity contribution in [2.75, 3.05) is 24.3 Å². The summed E-state index contributed by atoms with van der Waals surface area (Å²) in [5.41, 5.74) is -0.649. The number of hydrogen-bond donors (Lipinski definition) is 1. The van der Waals surface area contributed by atoms with E-state index in [9.17, 15) is 28.1 Å². The number of nitro benzene ring substituents is 1. The van der Waals surface area contributed by atoms with Gasteiger partial charge in [-0.2, -0.15) is 11.8 Å². The number of aliphatic carboxylic acids is 1. The Balaban J connectivity index is 2.44. The van der Waals surface area contributed by atoms with Gasteiger partial charge in [0.1, 0.15) is 0 Å². The molecule has 1 heterocycles. The van der Waals surface area contributed by atoms with Gasteiger partial charge in [0.25, 0.3) is 11.6 Å². The van der Waals surface area contributed by atoms with Gasteiger partial charge in [-0.05, 0) is 6.07 Å². The quantitative estimate of drug-likeness (QED) is 0.584. The monoisotopic (exact) mass is 388 g/mol. The van der Waals surface area contributed by atoms with Gasteiger partial charge in [0.2, 0.25) is 0 Å². The molecule has 1 aliphatic heterocycles. The summed E-state index contributed by atoms with van der Waals surface area (Å²) in [6, 6.07) is 2.44. The number of nitro groups is 1. The second-order valence-corrected chi connectivity index (χ2v) is 8.74. The molecule has 2 rings (SSSR count). The normalized spacial score (nSPS) is 18.0. The first-order valence-corrected chi connectivity index (χ1v) is 10.2. The number of benzene rings is 1. The van der Waals surface area contributed by atoms with Crippen LogP contribution in [0, 0.1) is 10.1 Å². The highest BCUT2D eigenvalue weighted by atomic mass is 32.2. The average Bonchev–Trinajstić information content (AvgIpc) is 2.53. The minimum atomic E-state index is -3.75. The van der Waals surface area contributed by atoms with Gasteiger partial charge >= 0.3 is 5.97 Å². The zero-order valence-corrected chi connectivity index (χ0v) is 14.9. The van der Waals surface area contributed by atoms with Gasteiger partial charge in [-0.3, -0.25) is 19.7 Å². The molecule has 0 saturated carbocycles. The third-order valence-corrected chi connectivity index (χ3v) is 5.86. The molecular formula is C14H16N2O7S2. The molecule has 9 nitrogen and oxygen atoms in total. The highest BCUT2D eigenvalue weighted by Gasteiger charge is 2.31. The van der Waals surface area contributed by atoms with Crippen molar-refractivity contribution in [3.63, 3.8) is 0 Å². The largest absolute Gasteiger partial charge is 0.481 e. The highest BCUT2D eigenvalue weighted by Crippen LogP contribution is 2.25. The van der Waals surface area contributed by atoms with Crippen LogP contribution in [0.3, 0.4) is 0 Å². The fourth-order valence-corrected chi connectivity index (χ4v) is 4.22. The number of thioether (sulfide) groups is 1. The standard InChI is InChI=1S/C14H16N2O7S2/c1-25(22,23)12-5-9(4-10(6-12)16(20)21)14(19)15-2-3-24-8-11(15)7-13(17)18/h4-6,11H,2-3,7-8H2,1H3,(H,17,18). The van der Waals surface area contributed by atoms with Crippen molar-refractivity contribution in [3.05, 3.63) is 33.9 Å². The number of carboxylic acid groups (broad SMARTS) is 1. The van der Waals surface area contributed by atoms with Crippen LogP contribution >= 0.6 is 11.8 Å². The third-order valence-electron chi connectivity index (χ3n) is 3.68. The van der Waals surface area contributed by atoms with Crippen LogP contribution in [0.25, 0.3) is 0 Å². The molecular weight excluding hydrogens is 372 g/mol. The van der Waals surface area contributed by atoms with Crippen molar-refractivity contribution >= 4 is 39.2 Å². The maximum atomic E-state index is 12.8. The maximum absolute atomic E-state index is 12.8. The predicted octanol–water partition coefficient (Wildman–Crippen LogP) is 1.03. The average molecular weight is 388 g/mol. The van der Waals surface area contributed by atoms with Crippen LogP contribution in [0.4, 0.5) is 5.69 Å². The molecule has 0 radical (unpaired) electrons. The van der Waals surface area contributed by atoms with Gasteiger partial charge in [0, 0.05) is 42.0 Å². The van der Waals surface area contributed by atoms with Gasteiger partial charge in [-0.15, -0.1) is 0 Å². The molecule has 11 heteroatoms. The number of carboxylic acids is 1. The Kier molecular flexibility index (Phi) is 5.68. The predicted molar refractivity (Wildman–Crippen MR) is 90.6 cm³/mol. The molecule has 1 atom stereocenters. The van der Waals surface area contributed by atoms with E-state index in [2.05, 4.69) is 0 Å². The summed E-state index contributed by atoms with van der Waals surface area (Å²) in [6.07, 6.45) is 0.650. The van der Waals surface area contributed by atoms with Crippen LogP contribution in [-0.4, -0.2) is 65.6 Å². The zero-order chi connectivity index (χ0) is 18.8. The first kappa shape index (κ1) is 19.2. The first-order chi connectivity index (χ1) is 11.6. The second-order valence-electron chi connectivity index (χ2n) is 5.57. The van der Waals surface area contributed by atoms with E-state index < -0.39 is 38.4 Å². The number of carbonyl (C=O) groups excluding carboxylic acids is 1. The number of nitrogens with zero attached hydrogens (tertiary/aromatic N) is 2. The van der Waals surface area contributed by atoms with E-state index in [1.165, 1.54) is 16.7 Å². The molecule has 1 saturated heterocycles. The topological polar surface area (TPSA) is 135 Å². The Morgan fingerprint density at radius 2 is 2.08 bits per heavy atom. The molecule has 136 valence electrons. The van der Waals surface area contributed by atoms with Crippen LogP contribution in [0.15, 0.2) is 23.1 Å². The Bertz CT molecular complexity index is 822. The Morgan fingerprint density at radius 3 is 2.64 bits per heavy atom. The SMILES string of the molecule is CS(=O)(=O)c1cc(C(=O)N2CCSCC2CC(=O)O)cc([N+](=O)[O-])c1. The van der Waals surface area contributed by atoms with E-state index in [4.69, 9.17) is 5.11 Å². The van der Waals surface area contributed by atoms with E-state index in [0.717, 1.165) is 24.5 Å². The van der Waals surface area contributed by atoms with Crippen LogP contribution < -0.4 is 0 Å². The molecule has 1 aromatic carbocycles. The molecule has 1 aromatic rings. The Hall–Kier alpha value is -2.14. The lowest BCUT2D eigenvalue weighted by atomic mass is 10.1. The van der Waals surface area contributed by atoms with Gasteiger partial charge in [0.05, 0.1) is 22.3 Å². The van der Waals surface area contributed by atoms with E-state index in [0.29, 0.717) is 18.1 Å². The lowest BCUT2D eigenvalue weighted by Gasteiger charge is -2.34. The van der Waals surface area contributed by atoms with Crippen molar-refractivity contribution in [3.8, 4) is 0 Å². The number of rotatable bonds is 5. The number of amides is 1. The van der Waals surface area contributed by atoms with Gasteiger partial charge in [0.15, 0.2) is 9.84 Å². The summed E-state index contributed by atoms with van der Waals surface area (Å²) in [7, 11) is -3.75. The summed E-state index contributed by atoms with van der Waals surface area (Å²) in [4.78, 5) is 35.0. The third kappa shape index (κ3) is 4.69. The lowest BCUT2D eigenvalue weighted by Crippen LogP contribution is -2.47. The van der Waals surface area contributed by atoms with Crippen molar-refractivity contribution < 1.29 is 28.0 Å². The van der Waals surface area contributed by atoms with Crippen LogP contribution in [0.1, 0.15) is 16.8 Å². The molecule has 1 aliphatic rings. The molecule has 25 heavy (non-hydrogen) atoms. The summed E-state index contributed by atoms with van der Waals surface area (Å²) < 4.78 is 23.5. The summed E-state index contributed by atoms with van der Waals surface area (Å²) in [6.45, 7) is 0.290. The van der Waals surface area contributed by atoms with Gasteiger partial charge in [-0.1, -0.05) is 0 Å². The molecule has 1 N–H and O–H groups in total. The summed E-state index contributed by atoms with van der Waals surface area (Å²) in [5, 5.41) is 20.0. The van der Waals surface area contributed by atoms with Crippen molar-refractivity contribution in [1.82, 2.24) is 4.90 Å². The van der Waals surface area contributed by atoms with E-state index in [-0.39, 0.29) is 16.9 Å². The smallest absolute Gasteiger partial charge is 0.305 e. The van der Waals surface area contributed by atoms with Crippen molar-refractivity contribution in [2.45, 2.75) is 17.4 Å². The summed E-state index contributed by atoms with van der Waals surface area (Å²) >= 11 is 1.52. The Labute approximate surface area is 148 Å². The lowest BCUT2D eigenvalue weighted by molar-refractivity contribution is -0.385. The number of non-ortho nitro benzene ring substituents is 1. The molecule has 1 amide bonds. The van der Waals surface area contributed by atoms with E-state index in [1.54, 1.807) is 0 Å². The number of hydrogen-bond acceptors (Lipinski definition) is 7. The van der Waals surface area contributed by atoms with Gasteiger partial charge in [-0.25, -0.2) is 8.42 Å². The number of carbonyl (C=O) groups is 2. The van der Waals surface area contributed by atoms with Crippen molar-refractivity contribution in [2.24, 2.45) is 0 Å². The number of sulfone groups is 1. The summed E-state index contributed by atoms with van der Waals surface area (Å²) in [5.74, 6) is -0.622. The molecule has 1 unspecified atom stereocenters. The molecule has 0 aromatic heterocycles. The second kappa shape index (κ2) is 7.40. The molecule has 1 fully saturated rings. The molecule has 0 spiro atoms. The fourth-order valence-electron chi connectivity index (χ4n) is 2.48. The first-order valence-electron chi connectivity index (χ1n) is 7.19. The van der Waals surface area contributed by atoms with E-state index >= 15 is 0 Å². The van der Waals surface area contributed by atoms with Crippen molar-refractivity contribution in [1.29, 1.82) is 0 Å². The Morgan fingerprint density at radius 1 is 1.40 bits per heavy atom. The molecule has 0 bridgehead atoms. The highest BCUT2D eigenvalue weighted by molar-refractivity contribution is 7.99. The zero-order valence-electron chi connectivity index (χ0n) is 13.2. The minimum absolute atomic E-state index is 0.142. The maximum Gasteiger partial charge on any atom is 0.305 e.